The molecule has 1 N–H and O–H groups in total. The number of fused-ring (bicyclic) bond motifs is 5. The van der Waals surface area contributed by atoms with E-state index in [-0.39, 0.29) is 12.5 Å². The van der Waals surface area contributed by atoms with Crippen LogP contribution in [0.15, 0.2) is 65.8 Å². The van der Waals surface area contributed by atoms with Crippen molar-refractivity contribution in [1.29, 1.82) is 0 Å². The minimum atomic E-state index is -0.157. The third-order valence-corrected chi connectivity index (χ3v) is 4.64. The van der Waals surface area contributed by atoms with E-state index < -0.39 is 0 Å². The van der Waals surface area contributed by atoms with Crippen LogP contribution in [-0.2, 0) is 4.79 Å². The van der Waals surface area contributed by atoms with Crippen LogP contribution in [0.2, 0.25) is 0 Å². The molecular weight excluding hydrogens is 312 g/mol. The molecule has 1 aromatic heterocycles. The Labute approximate surface area is 144 Å². The van der Waals surface area contributed by atoms with Gasteiger partial charge in [-0.1, -0.05) is 48.0 Å². The summed E-state index contributed by atoms with van der Waals surface area (Å²) in [5, 5.41) is 2.98. The molecule has 0 spiro atoms. The minimum absolute atomic E-state index is 0.157. The zero-order chi connectivity index (χ0) is 17.0. The Balaban J connectivity index is 1.82. The molecular formula is C20H16N4O. The lowest BCUT2D eigenvalue weighted by atomic mass is 10.1. The summed E-state index contributed by atoms with van der Waals surface area (Å²) in [5.74, 6) is 0.485. The molecule has 0 aliphatic carbocycles. The van der Waals surface area contributed by atoms with E-state index in [1.54, 1.807) is 0 Å². The van der Waals surface area contributed by atoms with Crippen LogP contribution < -0.4 is 5.43 Å². The van der Waals surface area contributed by atoms with Gasteiger partial charge in [-0.05, 0) is 19.1 Å². The summed E-state index contributed by atoms with van der Waals surface area (Å²) < 4.78 is 2.18. The summed E-state index contributed by atoms with van der Waals surface area (Å²) in [7, 11) is 0. The van der Waals surface area contributed by atoms with Crippen molar-refractivity contribution in [3.8, 4) is 0 Å². The Hall–Kier alpha value is -3.18. The number of nitrogens with one attached hydrogen (secondary N) is 1. The van der Waals surface area contributed by atoms with Crippen molar-refractivity contribution in [2.24, 2.45) is 4.99 Å². The van der Waals surface area contributed by atoms with Crippen LogP contribution in [0.25, 0.3) is 16.6 Å². The average Bonchev–Trinajstić information content (AvgIpc) is 3.02. The monoisotopic (exact) mass is 328 g/mol. The lowest BCUT2D eigenvalue weighted by Gasteiger charge is -2.32. The van der Waals surface area contributed by atoms with Gasteiger partial charge in [-0.2, -0.15) is 4.99 Å². The van der Waals surface area contributed by atoms with Crippen molar-refractivity contribution >= 4 is 28.3 Å². The second-order valence-electron chi connectivity index (χ2n) is 6.34. The molecule has 122 valence electrons. The van der Waals surface area contributed by atoms with Gasteiger partial charge in [0.15, 0.2) is 5.84 Å². The number of amidine groups is 1. The van der Waals surface area contributed by atoms with Gasteiger partial charge in [-0.3, -0.25) is 9.80 Å². The molecule has 2 aliphatic rings. The number of carbonyl (C=O) groups is 1. The van der Waals surface area contributed by atoms with Gasteiger partial charge in [0.25, 0.3) is 5.91 Å². The lowest BCUT2D eigenvalue weighted by molar-refractivity contribution is -0.118. The van der Waals surface area contributed by atoms with Crippen molar-refractivity contribution in [2.45, 2.75) is 6.92 Å². The van der Waals surface area contributed by atoms with Gasteiger partial charge in [0.1, 0.15) is 0 Å². The first kappa shape index (κ1) is 14.2. The summed E-state index contributed by atoms with van der Waals surface area (Å²) >= 11 is 0. The van der Waals surface area contributed by atoms with Crippen LogP contribution in [0, 0.1) is 6.92 Å². The fourth-order valence-electron chi connectivity index (χ4n) is 3.41. The van der Waals surface area contributed by atoms with Crippen LogP contribution >= 0.6 is 0 Å². The van der Waals surface area contributed by atoms with Crippen LogP contribution in [-0.4, -0.2) is 27.9 Å². The predicted octanol–water partition coefficient (Wildman–Crippen LogP) is 2.90. The normalized spacial score (nSPS) is 16.4. The van der Waals surface area contributed by atoms with Gasteiger partial charge in [0, 0.05) is 17.1 Å². The van der Waals surface area contributed by atoms with E-state index in [4.69, 9.17) is 0 Å². The quantitative estimate of drug-likeness (QED) is 0.747. The maximum atomic E-state index is 11.8. The fourth-order valence-corrected chi connectivity index (χ4v) is 3.41. The first-order valence-electron chi connectivity index (χ1n) is 8.25. The fraction of sp³-hybridized carbons (Fsp3) is 0.100. The highest BCUT2D eigenvalue weighted by Gasteiger charge is 2.29. The molecule has 0 saturated heterocycles. The summed E-state index contributed by atoms with van der Waals surface area (Å²) in [5.41, 5.74) is 8.54. The number of hydrogen-bond acceptors (Lipinski definition) is 3. The smallest absolute Gasteiger partial charge is 0.263 e. The van der Waals surface area contributed by atoms with Crippen molar-refractivity contribution < 1.29 is 4.79 Å². The maximum Gasteiger partial charge on any atom is 0.263 e. The average molecular weight is 328 g/mol. The highest BCUT2D eigenvalue weighted by atomic mass is 16.2. The molecule has 3 heterocycles. The van der Waals surface area contributed by atoms with Gasteiger partial charge < -0.3 is 4.57 Å². The van der Waals surface area contributed by atoms with Crippen LogP contribution in [0.1, 0.15) is 16.8 Å². The standard InChI is InChI=1S/C20H16N4O/c1-13-6-8-14(9-7-13)18-12-23-20(22-19(25)11-21-23)17-10-15-4-2-3-5-16(15)24(17)18/h2-10,12,21H,11H2,1H3. The second kappa shape index (κ2) is 5.16. The Kier molecular flexibility index (Phi) is 2.93. The largest absolute Gasteiger partial charge is 0.304 e. The van der Waals surface area contributed by atoms with Crippen molar-refractivity contribution in [2.75, 3.05) is 6.54 Å². The van der Waals surface area contributed by atoms with Crippen LogP contribution in [0.3, 0.4) is 0 Å². The van der Waals surface area contributed by atoms with Gasteiger partial charge in [0.05, 0.1) is 23.5 Å². The Morgan fingerprint density at radius 2 is 1.88 bits per heavy atom. The molecule has 2 aliphatic heterocycles. The second-order valence-corrected chi connectivity index (χ2v) is 6.34. The molecule has 5 rings (SSSR count). The van der Waals surface area contributed by atoms with E-state index in [0.29, 0.717) is 5.84 Å². The summed E-state index contributed by atoms with van der Waals surface area (Å²) in [6.07, 6.45) is 2.01. The molecule has 1 amide bonds. The van der Waals surface area contributed by atoms with Gasteiger partial charge in [-0.15, -0.1) is 0 Å². The van der Waals surface area contributed by atoms with Gasteiger partial charge in [-0.25, -0.2) is 5.43 Å². The number of benzene rings is 2. The highest BCUT2D eigenvalue weighted by Crippen LogP contribution is 2.32. The zero-order valence-corrected chi connectivity index (χ0v) is 13.7. The maximum absolute atomic E-state index is 11.8. The molecule has 0 fully saturated rings. The first-order chi connectivity index (χ1) is 12.2. The number of aliphatic imine (C=N–C) groups is 1. The number of amides is 1. The van der Waals surface area contributed by atoms with E-state index in [0.717, 1.165) is 27.9 Å². The molecule has 25 heavy (non-hydrogen) atoms. The summed E-state index contributed by atoms with van der Waals surface area (Å²) in [6, 6.07) is 18.8. The van der Waals surface area contributed by atoms with Crippen LogP contribution in [0.4, 0.5) is 0 Å². The molecule has 5 nitrogen and oxygen atoms in total. The summed E-state index contributed by atoms with van der Waals surface area (Å²) in [4.78, 5) is 16.1. The van der Waals surface area contributed by atoms with E-state index in [1.807, 2.05) is 23.3 Å². The third-order valence-electron chi connectivity index (χ3n) is 4.64. The van der Waals surface area contributed by atoms with Crippen molar-refractivity contribution in [3.05, 3.63) is 77.6 Å². The van der Waals surface area contributed by atoms with Crippen molar-refractivity contribution in [1.82, 2.24) is 15.0 Å². The van der Waals surface area contributed by atoms with E-state index >= 15 is 0 Å². The number of para-hydroxylation sites is 1. The van der Waals surface area contributed by atoms with Crippen molar-refractivity contribution in [3.63, 3.8) is 0 Å². The van der Waals surface area contributed by atoms with E-state index in [2.05, 4.69) is 64.4 Å². The lowest BCUT2D eigenvalue weighted by Crippen LogP contribution is -2.48. The number of hydrazine groups is 1. The first-order valence-corrected chi connectivity index (χ1v) is 8.25. The van der Waals surface area contributed by atoms with E-state index in [9.17, 15) is 4.79 Å². The third kappa shape index (κ3) is 2.13. The highest BCUT2D eigenvalue weighted by molar-refractivity contribution is 6.11. The molecule has 0 radical (unpaired) electrons. The number of carbonyl (C=O) groups excluding carboxylic acids is 1. The van der Waals surface area contributed by atoms with E-state index in [1.165, 1.54) is 5.56 Å². The topological polar surface area (TPSA) is 49.6 Å². The molecule has 2 aromatic carbocycles. The Morgan fingerprint density at radius 3 is 2.72 bits per heavy atom. The molecule has 0 unspecified atom stereocenters. The number of aryl methyl sites for hydroxylation is 1. The Bertz CT molecular complexity index is 1070. The molecule has 0 saturated carbocycles. The van der Waals surface area contributed by atoms with Gasteiger partial charge >= 0.3 is 0 Å². The molecule has 0 bridgehead atoms. The predicted molar refractivity (Wildman–Crippen MR) is 97.9 cm³/mol. The summed E-state index contributed by atoms with van der Waals surface area (Å²) in [6.45, 7) is 2.29. The minimum Gasteiger partial charge on any atom is -0.304 e. The molecule has 0 atom stereocenters. The molecule has 5 heteroatoms. The molecule has 3 aromatic rings. The SMILES string of the molecule is Cc1ccc(C2=CN3NCC(=O)N=C3c3cc4ccccc4n32)cc1. The Morgan fingerprint density at radius 1 is 1.08 bits per heavy atom. The zero-order valence-electron chi connectivity index (χ0n) is 13.7. The number of hydrogen-bond donors (Lipinski definition) is 1. The van der Waals surface area contributed by atoms with Crippen LogP contribution in [0.5, 0.6) is 0 Å². The number of aromatic nitrogens is 1. The van der Waals surface area contributed by atoms with Gasteiger partial charge in [0.2, 0.25) is 0 Å². The number of nitrogens with zero attached hydrogens (tertiary/aromatic N) is 3. The number of rotatable bonds is 1.